The highest BCUT2D eigenvalue weighted by atomic mass is 15.0. The van der Waals surface area contributed by atoms with E-state index in [0.29, 0.717) is 5.84 Å². The van der Waals surface area contributed by atoms with Crippen LogP contribution in [0.1, 0.15) is 26.3 Å². The van der Waals surface area contributed by atoms with E-state index < -0.39 is 0 Å². The van der Waals surface area contributed by atoms with Gasteiger partial charge in [0.25, 0.3) is 0 Å². The highest BCUT2D eigenvalue weighted by Gasteiger charge is 2.11. The van der Waals surface area contributed by atoms with Gasteiger partial charge in [0.2, 0.25) is 0 Å². The molecule has 1 rings (SSSR count). The van der Waals surface area contributed by atoms with Gasteiger partial charge < -0.3 is 5.32 Å². The minimum absolute atomic E-state index is 0.0487. The minimum atomic E-state index is -0.0487. The van der Waals surface area contributed by atoms with E-state index in [-0.39, 0.29) is 5.54 Å². The Morgan fingerprint density at radius 3 is 2.15 bits per heavy atom. The first-order valence-electron chi connectivity index (χ1n) is 4.41. The van der Waals surface area contributed by atoms with Crippen LogP contribution in [0.25, 0.3) is 0 Å². The zero-order valence-electron chi connectivity index (χ0n) is 8.39. The molecule has 0 spiro atoms. The van der Waals surface area contributed by atoms with Gasteiger partial charge in [-0.3, -0.25) is 5.41 Å². The molecule has 0 amide bonds. The molecule has 0 fully saturated rings. The zero-order chi connectivity index (χ0) is 9.90. The van der Waals surface area contributed by atoms with Crippen LogP contribution in [0, 0.1) is 5.41 Å². The van der Waals surface area contributed by atoms with E-state index in [1.807, 2.05) is 51.1 Å². The molecule has 0 aliphatic carbocycles. The molecule has 2 heteroatoms. The Bertz CT molecular complexity index is 283. The SMILES string of the molecule is CC(C)(C)NC(=N)c1ccccc1. The molecule has 1 aromatic rings. The fourth-order valence-electron chi connectivity index (χ4n) is 1.05. The van der Waals surface area contributed by atoms with E-state index in [9.17, 15) is 0 Å². The Kier molecular flexibility index (Phi) is 2.71. The van der Waals surface area contributed by atoms with Crippen LogP contribution >= 0.6 is 0 Å². The van der Waals surface area contributed by atoms with Crippen LogP contribution in [0.4, 0.5) is 0 Å². The molecule has 0 radical (unpaired) electrons. The lowest BCUT2D eigenvalue weighted by Crippen LogP contribution is -2.40. The predicted octanol–water partition coefficient (Wildman–Crippen LogP) is 2.40. The van der Waals surface area contributed by atoms with Crippen LogP contribution in [-0.4, -0.2) is 11.4 Å². The second-order valence-corrected chi connectivity index (χ2v) is 4.12. The van der Waals surface area contributed by atoms with Crippen molar-refractivity contribution in [1.82, 2.24) is 5.32 Å². The van der Waals surface area contributed by atoms with Crippen molar-refractivity contribution in [2.24, 2.45) is 0 Å². The summed E-state index contributed by atoms with van der Waals surface area (Å²) in [6.07, 6.45) is 0. The normalized spacial score (nSPS) is 11.0. The predicted molar refractivity (Wildman–Crippen MR) is 56.2 cm³/mol. The van der Waals surface area contributed by atoms with Crippen molar-refractivity contribution < 1.29 is 0 Å². The maximum Gasteiger partial charge on any atom is 0.125 e. The van der Waals surface area contributed by atoms with E-state index >= 15 is 0 Å². The zero-order valence-corrected chi connectivity index (χ0v) is 8.39. The lowest BCUT2D eigenvalue weighted by atomic mass is 10.1. The quantitative estimate of drug-likeness (QED) is 0.500. The Morgan fingerprint density at radius 1 is 1.15 bits per heavy atom. The van der Waals surface area contributed by atoms with Crippen molar-refractivity contribution in [2.45, 2.75) is 26.3 Å². The summed E-state index contributed by atoms with van der Waals surface area (Å²) < 4.78 is 0. The van der Waals surface area contributed by atoms with Crippen LogP contribution in [0.5, 0.6) is 0 Å². The van der Waals surface area contributed by atoms with Crippen LogP contribution < -0.4 is 5.32 Å². The van der Waals surface area contributed by atoms with Crippen LogP contribution in [0.15, 0.2) is 30.3 Å². The second kappa shape index (κ2) is 3.60. The standard InChI is InChI=1S/C11H16N2/c1-11(2,3)13-10(12)9-7-5-4-6-8-9/h4-8H,1-3H3,(H2,12,13). The Hall–Kier alpha value is -1.31. The van der Waals surface area contributed by atoms with Gasteiger partial charge in [0.15, 0.2) is 0 Å². The van der Waals surface area contributed by atoms with Crippen molar-refractivity contribution in [3.05, 3.63) is 35.9 Å². The van der Waals surface area contributed by atoms with Crippen LogP contribution in [0.3, 0.4) is 0 Å². The topological polar surface area (TPSA) is 35.9 Å². The van der Waals surface area contributed by atoms with E-state index in [2.05, 4.69) is 5.32 Å². The van der Waals surface area contributed by atoms with Gasteiger partial charge in [0.1, 0.15) is 5.84 Å². The van der Waals surface area contributed by atoms with Gasteiger partial charge in [0.05, 0.1) is 0 Å². The van der Waals surface area contributed by atoms with Gasteiger partial charge in [-0.05, 0) is 20.8 Å². The molecule has 13 heavy (non-hydrogen) atoms. The second-order valence-electron chi connectivity index (χ2n) is 4.12. The maximum absolute atomic E-state index is 7.77. The Morgan fingerprint density at radius 2 is 1.69 bits per heavy atom. The van der Waals surface area contributed by atoms with Gasteiger partial charge in [0, 0.05) is 11.1 Å². The molecule has 0 aliphatic heterocycles. The molecule has 0 bridgehead atoms. The minimum Gasteiger partial charge on any atom is -0.365 e. The first-order chi connectivity index (χ1) is 5.99. The molecule has 2 N–H and O–H groups in total. The Balaban J connectivity index is 2.71. The molecule has 0 saturated heterocycles. The fourth-order valence-corrected chi connectivity index (χ4v) is 1.05. The summed E-state index contributed by atoms with van der Waals surface area (Å²) in [5, 5.41) is 10.9. The largest absolute Gasteiger partial charge is 0.365 e. The van der Waals surface area contributed by atoms with Gasteiger partial charge in [-0.15, -0.1) is 0 Å². The molecule has 70 valence electrons. The van der Waals surface area contributed by atoms with Crippen molar-refractivity contribution in [2.75, 3.05) is 0 Å². The van der Waals surface area contributed by atoms with Crippen LogP contribution in [0.2, 0.25) is 0 Å². The molecule has 0 aromatic heterocycles. The Labute approximate surface area is 79.5 Å². The van der Waals surface area contributed by atoms with Crippen molar-refractivity contribution in [3.8, 4) is 0 Å². The molecular formula is C11H16N2. The third kappa shape index (κ3) is 3.28. The molecule has 0 aliphatic rings. The maximum atomic E-state index is 7.77. The monoisotopic (exact) mass is 176 g/mol. The first kappa shape index (κ1) is 9.78. The number of amidine groups is 1. The van der Waals surface area contributed by atoms with E-state index in [0.717, 1.165) is 5.56 Å². The number of benzene rings is 1. The summed E-state index contributed by atoms with van der Waals surface area (Å²) in [4.78, 5) is 0. The third-order valence-electron chi connectivity index (χ3n) is 1.56. The summed E-state index contributed by atoms with van der Waals surface area (Å²) in [6, 6.07) is 9.69. The van der Waals surface area contributed by atoms with Crippen molar-refractivity contribution in [3.63, 3.8) is 0 Å². The summed E-state index contributed by atoms with van der Waals surface area (Å²) in [5.41, 5.74) is 0.879. The van der Waals surface area contributed by atoms with E-state index in [4.69, 9.17) is 5.41 Å². The summed E-state index contributed by atoms with van der Waals surface area (Å²) in [5.74, 6) is 0.480. The lowest BCUT2D eigenvalue weighted by Gasteiger charge is -2.22. The highest BCUT2D eigenvalue weighted by molar-refractivity contribution is 5.96. The smallest absolute Gasteiger partial charge is 0.125 e. The van der Waals surface area contributed by atoms with Gasteiger partial charge in [-0.2, -0.15) is 0 Å². The third-order valence-corrected chi connectivity index (χ3v) is 1.56. The molecule has 2 nitrogen and oxygen atoms in total. The number of hydrogen-bond donors (Lipinski definition) is 2. The molecular weight excluding hydrogens is 160 g/mol. The average molecular weight is 176 g/mol. The first-order valence-corrected chi connectivity index (χ1v) is 4.41. The van der Waals surface area contributed by atoms with Gasteiger partial charge in [-0.1, -0.05) is 30.3 Å². The summed E-state index contributed by atoms with van der Waals surface area (Å²) in [7, 11) is 0. The molecule has 0 heterocycles. The summed E-state index contributed by atoms with van der Waals surface area (Å²) >= 11 is 0. The van der Waals surface area contributed by atoms with Crippen LogP contribution in [-0.2, 0) is 0 Å². The lowest BCUT2D eigenvalue weighted by molar-refractivity contribution is 0.511. The average Bonchev–Trinajstić information content (AvgIpc) is 2.03. The highest BCUT2D eigenvalue weighted by Crippen LogP contribution is 2.03. The summed E-state index contributed by atoms with van der Waals surface area (Å²) in [6.45, 7) is 6.14. The van der Waals surface area contributed by atoms with Gasteiger partial charge in [-0.25, -0.2) is 0 Å². The van der Waals surface area contributed by atoms with Crippen molar-refractivity contribution in [1.29, 1.82) is 5.41 Å². The number of nitrogens with one attached hydrogen (secondary N) is 2. The fraction of sp³-hybridized carbons (Fsp3) is 0.364. The molecule has 0 atom stereocenters. The van der Waals surface area contributed by atoms with Crippen molar-refractivity contribution >= 4 is 5.84 Å². The van der Waals surface area contributed by atoms with E-state index in [1.165, 1.54) is 0 Å². The number of hydrogen-bond acceptors (Lipinski definition) is 1. The molecule has 0 unspecified atom stereocenters. The van der Waals surface area contributed by atoms with E-state index in [1.54, 1.807) is 0 Å². The van der Waals surface area contributed by atoms with Gasteiger partial charge >= 0.3 is 0 Å². The number of rotatable bonds is 1. The molecule has 1 aromatic carbocycles. The molecule has 0 saturated carbocycles.